The van der Waals surface area contributed by atoms with Gasteiger partial charge in [0.2, 0.25) is 0 Å². The normalized spacial score (nSPS) is 13.1. The molecule has 0 saturated carbocycles. The van der Waals surface area contributed by atoms with E-state index in [1.165, 1.54) is 51.0 Å². The van der Waals surface area contributed by atoms with Gasteiger partial charge >= 0.3 is 11.9 Å². The number of unbranched alkanes of at least 4 members (excludes halogenated alkanes) is 8. The Bertz CT molecular complexity index is 399. The lowest BCUT2D eigenvalue weighted by molar-refractivity contribution is -0.873. The van der Waals surface area contributed by atoms with Gasteiger partial charge in [0.25, 0.3) is 0 Å². The first-order valence-electron chi connectivity index (χ1n) is 9.64. The van der Waals surface area contributed by atoms with Crippen molar-refractivity contribution in [3.8, 4) is 0 Å². The molecular weight excluding hydrogens is 318 g/mol. The maximum absolute atomic E-state index is 11.8. The summed E-state index contributed by atoms with van der Waals surface area (Å²) in [5, 5.41) is 8.94. The molecule has 0 radical (unpaired) electrons. The number of hydrogen-bond acceptors (Lipinski definition) is 3. The second-order valence-electron chi connectivity index (χ2n) is 7.80. The lowest BCUT2D eigenvalue weighted by Crippen LogP contribution is -2.43. The minimum atomic E-state index is -0.950. The van der Waals surface area contributed by atoms with Crippen molar-refractivity contribution in [2.75, 3.05) is 27.7 Å². The van der Waals surface area contributed by atoms with Crippen molar-refractivity contribution in [1.82, 2.24) is 0 Å². The molecule has 0 heterocycles. The number of aliphatic carboxylic acids is 1. The molecule has 0 aromatic carbocycles. The first kappa shape index (κ1) is 23.6. The van der Waals surface area contributed by atoms with Crippen molar-refractivity contribution in [3.63, 3.8) is 0 Å². The van der Waals surface area contributed by atoms with Crippen LogP contribution in [-0.2, 0) is 14.3 Å². The molecule has 5 heteroatoms. The third-order valence-corrected chi connectivity index (χ3v) is 3.91. The molecule has 0 aromatic rings. The highest BCUT2D eigenvalue weighted by atomic mass is 16.5. The summed E-state index contributed by atoms with van der Waals surface area (Å²) in [5.74, 6) is -1.39. The molecule has 0 aliphatic carbocycles. The average Bonchev–Trinajstić information content (AvgIpc) is 2.46. The summed E-state index contributed by atoms with van der Waals surface area (Å²) >= 11 is 0. The molecular formula is C20H38NO4+. The molecule has 0 saturated heterocycles. The van der Waals surface area contributed by atoms with Crippen molar-refractivity contribution < 1.29 is 23.9 Å². The Morgan fingerprint density at radius 1 is 1.00 bits per heavy atom. The van der Waals surface area contributed by atoms with Crippen LogP contribution in [0.15, 0.2) is 12.2 Å². The summed E-state index contributed by atoms with van der Waals surface area (Å²) in [5.41, 5.74) is 0. The number of likely N-dealkylation sites (N-methyl/N-ethyl adjacent to an activating group) is 1. The molecule has 1 unspecified atom stereocenters. The van der Waals surface area contributed by atoms with Crippen LogP contribution in [0.3, 0.4) is 0 Å². The van der Waals surface area contributed by atoms with Crippen molar-refractivity contribution >= 4 is 11.9 Å². The molecule has 1 N–H and O–H groups in total. The number of nitrogens with zero attached hydrogens (tertiary/aromatic N) is 1. The van der Waals surface area contributed by atoms with Gasteiger partial charge in [0.1, 0.15) is 6.54 Å². The van der Waals surface area contributed by atoms with Crippen LogP contribution >= 0.6 is 0 Å². The van der Waals surface area contributed by atoms with E-state index in [9.17, 15) is 9.59 Å². The van der Waals surface area contributed by atoms with E-state index in [2.05, 4.69) is 6.92 Å². The average molecular weight is 357 g/mol. The van der Waals surface area contributed by atoms with Crippen molar-refractivity contribution in [2.45, 2.75) is 77.2 Å². The predicted molar refractivity (Wildman–Crippen MR) is 101 cm³/mol. The number of esters is 1. The van der Waals surface area contributed by atoms with Crippen LogP contribution in [0, 0.1) is 0 Å². The summed E-state index contributed by atoms with van der Waals surface area (Å²) in [6.07, 6.45) is 13.5. The highest BCUT2D eigenvalue weighted by Gasteiger charge is 2.23. The standard InChI is InChI=1S/C20H37NO4/c1-5-6-7-8-9-10-11-12-13-14-15-20(24)25-18(16-19(22)23)17-21(2,3)4/h14-15,18H,5-13,16-17H2,1-4H3/p+1/b15-14+. The Labute approximate surface area is 153 Å². The second-order valence-corrected chi connectivity index (χ2v) is 7.80. The molecule has 0 aliphatic heterocycles. The van der Waals surface area contributed by atoms with Crippen LogP contribution in [0.5, 0.6) is 0 Å². The van der Waals surface area contributed by atoms with Crippen LogP contribution in [0.2, 0.25) is 0 Å². The molecule has 0 fully saturated rings. The number of carboxylic acid groups (broad SMARTS) is 1. The van der Waals surface area contributed by atoms with Gasteiger partial charge in [-0.25, -0.2) is 4.79 Å². The van der Waals surface area contributed by atoms with E-state index in [4.69, 9.17) is 9.84 Å². The summed E-state index contributed by atoms with van der Waals surface area (Å²) in [6, 6.07) is 0. The number of ether oxygens (including phenoxy) is 1. The van der Waals surface area contributed by atoms with E-state index >= 15 is 0 Å². The Balaban J connectivity index is 3.93. The van der Waals surface area contributed by atoms with Crippen molar-refractivity contribution in [3.05, 3.63) is 12.2 Å². The highest BCUT2D eigenvalue weighted by Crippen LogP contribution is 2.10. The zero-order chi connectivity index (χ0) is 19.1. The fourth-order valence-corrected chi connectivity index (χ4v) is 2.73. The molecule has 1 atom stereocenters. The van der Waals surface area contributed by atoms with Gasteiger partial charge in [-0.2, -0.15) is 0 Å². The van der Waals surface area contributed by atoms with Gasteiger partial charge < -0.3 is 14.3 Å². The monoisotopic (exact) mass is 356 g/mol. The molecule has 5 nitrogen and oxygen atoms in total. The molecule has 0 bridgehead atoms. The molecule has 0 aromatic heterocycles. The van der Waals surface area contributed by atoms with Gasteiger partial charge in [-0.3, -0.25) is 4.79 Å². The van der Waals surface area contributed by atoms with Crippen molar-refractivity contribution in [2.24, 2.45) is 0 Å². The number of allylic oxidation sites excluding steroid dienone is 1. The van der Waals surface area contributed by atoms with Crippen molar-refractivity contribution in [1.29, 1.82) is 0 Å². The van der Waals surface area contributed by atoms with Gasteiger partial charge in [0.15, 0.2) is 6.10 Å². The third-order valence-electron chi connectivity index (χ3n) is 3.91. The molecule has 0 amide bonds. The number of carboxylic acids is 1. The summed E-state index contributed by atoms with van der Waals surface area (Å²) in [7, 11) is 5.84. The van der Waals surface area contributed by atoms with Crippen LogP contribution in [0.25, 0.3) is 0 Å². The Morgan fingerprint density at radius 3 is 2.08 bits per heavy atom. The predicted octanol–water partition coefficient (Wildman–Crippen LogP) is 4.17. The Kier molecular flexibility index (Phi) is 13.1. The minimum Gasteiger partial charge on any atom is -0.481 e. The van der Waals surface area contributed by atoms with Gasteiger partial charge in [0, 0.05) is 6.08 Å². The zero-order valence-corrected chi connectivity index (χ0v) is 16.6. The lowest BCUT2D eigenvalue weighted by atomic mass is 10.1. The van der Waals surface area contributed by atoms with E-state index in [1.807, 2.05) is 27.2 Å². The van der Waals surface area contributed by atoms with E-state index in [-0.39, 0.29) is 6.42 Å². The van der Waals surface area contributed by atoms with Crippen LogP contribution in [0.4, 0.5) is 0 Å². The molecule has 0 spiro atoms. The lowest BCUT2D eigenvalue weighted by Gasteiger charge is -2.28. The molecule has 25 heavy (non-hydrogen) atoms. The van der Waals surface area contributed by atoms with E-state index in [0.717, 1.165) is 12.8 Å². The van der Waals surface area contributed by atoms with Gasteiger partial charge in [0.05, 0.1) is 27.6 Å². The number of hydrogen-bond donors (Lipinski definition) is 1. The van der Waals surface area contributed by atoms with Crippen LogP contribution in [0.1, 0.15) is 71.1 Å². The first-order valence-corrected chi connectivity index (χ1v) is 9.64. The van der Waals surface area contributed by atoms with Crippen LogP contribution < -0.4 is 0 Å². The maximum atomic E-state index is 11.8. The Hall–Kier alpha value is -1.36. The first-order chi connectivity index (χ1) is 11.7. The fraction of sp³-hybridized carbons (Fsp3) is 0.800. The summed E-state index contributed by atoms with van der Waals surface area (Å²) in [6.45, 7) is 2.70. The molecule has 146 valence electrons. The van der Waals surface area contributed by atoms with E-state index < -0.39 is 18.0 Å². The molecule has 0 rings (SSSR count). The van der Waals surface area contributed by atoms with Gasteiger partial charge in [-0.1, -0.05) is 57.9 Å². The maximum Gasteiger partial charge on any atom is 0.330 e. The number of carbonyl (C=O) groups is 2. The summed E-state index contributed by atoms with van der Waals surface area (Å²) < 4.78 is 5.85. The number of rotatable bonds is 15. The second kappa shape index (κ2) is 13.9. The largest absolute Gasteiger partial charge is 0.481 e. The third kappa shape index (κ3) is 17.3. The fourth-order valence-electron chi connectivity index (χ4n) is 2.73. The van der Waals surface area contributed by atoms with Crippen LogP contribution in [-0.4, -0.2) is 55.3 Å². The molecule has 0 aliphatic rings. The van der Waals surface area contributed by atoms with E-state index in [0.29, 0.717) is 11.0 Å². The minimum absolute atomic E-state index is 0.160. The topological polar surface area (TPSA) is 63.6 Å². The van der Waals surface area contributed by atoms with Gasteiger partial charge in [-0.05, 0) is 12.8 Å². The smallest absolute Gasteiger partial charge is 0.330 e. The highest BCUT2D eigenvalue weighted by molar-refractivity contribution is 5.82. The SMILES string of the molecule is CCCCCCCCCC/C=C/C(=O)OC(CC(=O)O)C[N+](C)(C)C. The quantitative estimate of drug-likeness (QED) is 0.207. The number of quaternary nitrogens is 1. The number of carbonyl (C=O) groups excluding carboxylic acids is 1. The zero-order valence-electron chi connectivity index (χ0n) is 16.6. The van der Waals surface area contributed by atoms with Gasteiger partial charge in [-0.15, -0.1) is 0 Å². The van der Waals surface area contributed by atoms with E-state index in [1.54, 1.807) is 0 Å². The Morgan fingerprint density at radius 2 is 1.56 bits per heavy atom. The summed E-state index contributed by atoms with van der Waals surface area (Å²) in [4.78, 5) is 22.8.